The summed E-state index contributed by atoms with van der Waals surface area (Å²) in [6.45, 7) is 14.8. The Labute approximate surface area is 191 Å². The maximum Gasteiger partial charge on any atom is 0.324 e. The number of allylic oxidation sites excluding steroid dienone is 3. The summed E-state index contributed by atoms with van der Waals surface area (Å²) in [7, 11) is 1.41. The minimum atomic E-state index is -1.35. The highest BCUT2D eigenvalue weighted by Gasteiger charge is 2.62. The van der Waals surface area contributed by atoms with Crippen LogP contribution in [-0.4, -0.2) is 36.2 Å². The molecule has 0 bridgehead atoms. The normalized spacial score (nSPS) is 33.1. The summed E-state index contributed by atoms with van der Waals surface area (Å²) >= 11 is 0. The second-order valence-electron chi connectivity index (χ2n) is 11.6. The van der Waals surface area contributed by atoms with E-state index >= 15 is 0 Å². The Hall–Kier alpha value is -2.11. The number of ether oxygens (including phenoxy) is 3. The van der Waals surface area contributed by atoms with Gasteiger partial charge in [0.2, 0.25) is 0 Å². The largest absolute Gasteiger partial charge is 0.469 e. The molecule has 0 N–H and O–H groups in total. The van der Waals surface area contributed by atoms with Crippen LogP contribution in [0, 0.1) is 40.9 Å². The van der Waals surface area contributed by atoms with Gasteiger partial charge in [0.25, 0.3) is 0 Å². The number of carbonyl (C=O) groups is 3. The number of esters is 3. The van der Waals surface area contributed by atoms with Crippen molar-refractivity contribution in [2.45, 2.75) is 72.0 Å². The maximum atomic E-state index is 13.4. The van der Waals surface area contributed by atoms with Gasteiger partial charge in [-0.15, -0.1) is 6.58 Å². The van der Waals surface area contributed by atoms with E-state index in [1.165, 1.54) is 7.11 Å². The van der Waals surface area contributed by atoms with E-state index in [0.717, 1.165) is 0 Å². The van der Waals surface area contributed by atoms with Crippen molar-refractivity contribution in [2.75, 3.05) is 7.11 Å². The lowest BCUT2D eigenvalue weighted by Gasteiger charge is -2.34. The molecule has 0 aliphatic heterocycles. The molecule has 0 saturated heterocycles. The molecule has 3 rings (SSSR count). The van der Waals surface area contributed by atoms with Crippen molar-refractivity contribution >= 4 is 17.9 Å². The number of hydrogen-bond donors (Lipinski definition) is 0. The maximum absolute atomic E-state index is 13.4. The quantitative estimate of drug-likeness (QED) is 0.274. The predicted molar refractivity (Wildman–Crippen MR) is 120 cm³/mol. The number of rotatable bonds is 4. The summed E-state index contributed by atoms with van der Waals surface area (Å²) < 4.78 is 16.5. The van der Waals surface area contributed by atoms with Gasteiger partial charge in [-0.25, -0.2) is 0 Å². The number of fused-ring (bicyclic) bond motifs is 3. The summed E-state index contributed by atoms with van der Waals surface area (Å²) in [5.41, 5.74) is -2.77. The van der Waals surface area contributed by atoms with Crippen LogP contribution in [0.15, 0.2) is 24.8 Å². The number of carbonyl (C=O) groups excluding carboxylic acids is 3. The average molecular weight is 447 g/mol. The van der Waals surface area contributed by atoms with Crippen molar-refractivity contribution in [2.24, 2.45) is 40.9 Å². The molecule has 6 nitrogen and oxygen atoms in total. The molecule has 0 unspecified atom stereocenters. The molecule has 2 saturated carbocycles. The van der Waals surface area contributed by atoms with Crippen LogP contribution >= 0.6 is 0 Å². The van der Waals surface area contributed by atoms with Crippen LogP contribution in [0.2, 0.25) is 0 Å². The third kappa shape index (κ3) is 4.51. The first-order valence-electron chi connectivity index (χ1n) is 11.6. The van der Waals surface area contributed by atoms with Gasteiger partial charge in [-0.05, 0) is 90.4 Å². The van der Waals surface area contributed by atoms with Crippen LogP contribution in [0.25, 0.3) is 0 Å². The lowest BCUT2D eigenvalue weighted by Crippen LogP contribution is -2.45. The molecule has 0 aromatic rings. The van der Waals surface area contributed by atoms with Crippen molar-refractivity contribution in [1.29, 1.82) is 0 Å². The fourth-order valence-corrected chi connectivity index (χ4v) is 5.93. The van der Waals surface area contributed by atoms with Crippen LogP contribution in [0.4, 0.5) is 0 Å². The van der Waals surface area contributed by atoms with Gasteiger partial charge in [0, 0.05) is 0 Å². The summed E-state index contributed by atoms with van der Waals surface area (Å²) in [5.74, 6) is -1.06. The first-order chi connectivity index (χ1) is 14.7. The molecule has 0 heterocycles. The average Bonchev–Trinajstić information content (AvgIpc) is 3.23. The highest BCUT2D eigenvalue weighted by molar-refractivity contribution is 6.01. The highest BCUT2D eigenvalue weighted by Crippen LogP contribution is 2.60. The second-order valence-corrected chi connectivity index (χ2v) is 11.6. The van der Waals surface area contributed by atoms with Gasteiger partial charge < -0.3 is 14.2 Å². The SMILES string of the molecule is C=C[C@H]1[C@@H]2C=C[C@@H]3CC(C(=O)OC(C)(C)C)(C(=O)OC(C)(C)C)C[C@H]3[C@H]2C[C@H]1C(=O)OC. The molecular weight excluding hydrogens is 408 g/mol. The van der Waals surface area contributed by atoms with E-state index < -0.39 is 28.6 Å². The molecule has 0 aromatic heterocycles. The van der Waals surface area contributed by atoms with Gasteiger partial charge in [0.05, 0.1) is 13.0 Å². The lowest BCUT2D eigenvalue weighted by atomic mass is 9.71. The van der Waals surface area contributed by atoms with Crippen molar-refractivity contribution in [3.8, 4) is 0 Å². The Morgan fingerprint density at radius 1 is 0.938 bits per heavy atom. The van der Waals surface area contributed by atoms with Gasteiger partial charge in [0.1, 0.15) is 11.2 Å². The van der Waals surface area contributed by atoms with Crippen LogP contribution in [-0.2, 0) is 28.6 Å². The molecule has 0 radical (unpaired) electrons. The van der Waals surface area contributed by atoms with Gasteiger partial charge in [0.15, 0.2) is 5.41 Å². The van der Waals surface area contributed by atoms with Crippen LogP contribution in [0.5, 0.6) is 0 Å². The molecule has 178 valence electrons. The van der Waals surface area contributed by atoms with Crippen LogP contribution in [0.1, 0.15) is 60.8 Å². The highest BCUT2D eigenvalue weighted by atomic mass is 16.6. The van der Waals surface area contributed by atoms with Gasteiger partial charge in [-0.3, -0.25) is 14.4 Å². The van der Waals surface area contributed by atoms with E-state index in [1.807, 2.05) is 6.08 Å². The van der Waals surface area contributed by atoms with E-state index in [0.29, 0.717) is 19.3 Å². The molecule has 0 amide bonds. The molecule has 32 heavy (non-hydrogen) atoms. The molecule has 0 spiro atoms. The van der Waals surface area contributed by atoms with E-state index in [-0.39, 0.29) is 41.5 Å². The van der Waals surface area contributed by atoms with Crippen LogP contribution in [0.3, 0.4) is 0 Å². The van der Waals surface area contributed by atoms with E-state index in [9.17, 15) is 14.4 Å². The second kappa shape index (κ2) is 8.35. The Kier molecular flexibility index (Phi) is 6.40. The Bertz CT molecular complexity index is 783. The zero-order valence-corrected chi connectivity index (χ0v) is 20.5. The van der Waals surface area contributed by atoms with Crippen molar-refractivity contribution < 1.29 is 28.6 Å². The molecule has 2 fully saturated rings. The fraction of sp³-hybridized carbons (Fsp3) is 0.731. The van der Waals surface area contributed by atoms with Crippen molar-refractivity contribution in [3.05, 3.63) is 24.8 Å². The molecule has 0 aromatic carbocycles. The third-order valence-corrected chi connectivity index (χ3v) is 7.13. The first kappa shape index (κ1) is 24.5. The smallest absolute Gasteiger partial charge is 0.324 e. The first-order valence-corrected chi connectivity index (χ1v) is 11.6. The standard InChI is InChI=1S/C26H38O6/c1-9-16-17-11-10-15-13-26(22(28)31-24(2,3)4,23(29)32-25(5,6)7)14-20(15)18(17)12-19(16)21(27)30-8/h9-11,15-20H,1,12-14H2,2-8H3/t15-,16+,17+,18+,19-,20-/m1/s1. The van der Waals surface area contributed by atoms with Gasteiger partial charge in [-0.1, -0.05) is 18.2 Å². The molecule has 3 aliphatic rings. The minimum Gasteiger partial charge on any atom is -0.469 e. The van der Waals surface area contributed by atoms with Crippen molar-refractivity contribution in [1.82, 2.24) is 0 Å². The van der Waals surface area contributed by atoms with Crippen LogP contribution < -0.4 is 0 Å². The third-order valence-electron chi connectivity index (χ3n) is 7.13. The zero-order chi connectivity index (χ0) is 24.1. The Morgan fingerprint density at radius 2 is 1.50 bits per heavy atom. The fourth-order valence-electron chi connectivity index (χ4n) is 5.93. The summed E-state index contributed by atoms with van der Waals surface area (Å²) in [4.78, 5) is 39.3. The Balaban J connectivity index is 1.95. The summed E-state index contributed by atoms with van der Waals surface area (Å²) in [5, 5.41) is 0. The summed E-state index contributed by atoms with van der Waals surface area (Å²) in [6.07, 6.45) is 7.52. The minimum absolute atomic E-state index is 0.0114. The molecular formula is C26H38O6. The van der Waals surface area contributed by atoms with E-state index in [2.05, 4.69) is 18.7 Å². The van der Waals surface area contributed by atoms with Crippen molar-refractivity contribution in [3.63, 3.8) is 0 Å². The molecule has 6 atom stereocenters. The van der Waals surface area contributed by atoms with E-state index in [1.54, 1.807) is 41.5 Å². The molecule has 6 heteroatoms. The molecule has 3 aliphatic carbocycles. The number of methoxy groups -OCH3 is 1. The summed E-state index contributed by atoms with van der Waals surface area (Å²) in [6, 6.07) is 0. The topological polar surface area (TPSA) is 78.9 Å². The Morgan fingerprint density at radius 3 is 1.97 bits per heavy atom. The zero-order valence-electron chi connectivity index (χ0n) is 20.5. The lowest BCUT2D eigenvalue weighted by molar-refractivity contribution is -0.185. The van der Waals surface area contributed by atoms with Gasteiger partial charge >= 0.3 is 17.9 Å². The number of hydrogen-bond acceptors (Lipinski definition) is 6. The monoisotopic (exact) mass is 446 g/mol. The predicted octanol–water partition coefficient (Wildman–Crippen LogP) is 4.48. The van der Waals surface area contributed by atoms with E-state index in [4.69, 9.17) is 14.2 Å². The van der Waals surface area contributed by atoms with Gasteiger partial charge in [-0.2, -0.15) is 0 Å².